The van der Waals surface area contributed by atoms with Crippen LogP contribution >= 0.6 is 0 Å². The molecule has 3 heteroatoms. The minimum atomic E-state index is 0.223. The highest BCUT2D eigenvalue weighted by molar-refractivity contribution is 5.76. The third-order valence-electron chi connectivity index (χ3n) is 3.32. The Balaban J connectivity index is 0.000000461. The fraction of sp³-hybridized carbons (Fsp3) is 0.909. The second-order valence-electron chi connectivity index (χ2n) is 3.90. The van der Waals surface area contributed by atoms with Crippen LogP contribution in [-0.4, -0.2) is 41.5 Å². The molecule has 2 amide bonds. The molecule has 0 bridgehead atoms. The molecule has 2 aliphatic rings. The van der Waals surface area contributed by atoms with E-state index in [1.54, 1.807) is 0 Å². The fourth-order valence-electron chi connectivity index (χ4n) is 2.04. The number of carbonyl (C=O) groups is 1. The van der Waals surface area contributed by atoms with Crippen molar-refractivity contribution in [2.24, 2.45) is 0 Å². The quantitative estimate of drug-likeness (QED) is 0.634. The maximum absolute atomic E-state index is 11.7. The molecule has 1 saturated carbocycles. The molecule has 0 aromatic carbocycles. The predicted octanol–water partition coefficient (Wildman–Crippen LogP) is 2.32. The molecule has 1 aliphatic carbocycles. The van der Waals surface area contributed by atoms with Crippen LogP contribution < -0.4 is 0 Å². The monoisotopic (exact) mass is 198 g/mol. The number of rotatable bonds is 1. The Labute approximate surface area is 87.1 Å². The largest absolute Gasteiger partial charge is 0.325 e. The van der Waals surface area contributed by atoms with Gasteiger partial charge in [-0.1, -0.05) is 13.8 Å². The molecule has 82 valence electrons. The van der Waals surface area contributed by atoms with E-state index in [-0.39, 0.29) is 11.6 Å². The van der Waals surface area contributed by atoms with E-state index in [1.807, 2.05) is 37.6 Å². The Morgan fingerprint density at radius 2 is 1.86 bits per heavy atom. The second-order valence-corrected chi connectivity index (χ2v) is 3.90. The van der Waals surface area contributed by atoms with Gasteiger partial charge < -0.3 is 9.80 Å². The molecular formula is C11H22N2O. The highest BCUT2D eigenvalue weighted by atomic mass is 16.2. The van der Waals surface area contributed by atoms with Gasteiger partial charge in [-0.3, -0.25) is 0 Å². The fourth-order valence-corrected chi connectivity index (χ4v) is 2.04. The highest BCUT2D eigenvalue weighted by Crippen LogP contribution is 2.46. The maximum atomic E-state index is 11.7. The van der Waals surface area contributed by atoms with Crippen molar-refractivity contribution < 1.29 is 4.79 Å². The SMILES string of the molecule is CC.CCN1CCC2(CC2)N(C)C1=O. The Bertz CT molecular complexity index is 211. The van der Waals surface area contributed by atoms with Crippen LogP contribution in [0.1, 0.15) is 40.0 Å². The minimum absolute atomic E-state index is 0.223. The van der Waals surface area contributed by atoms with Crippen molar-refractivity contribution in [3.8, 4) is 0 Å². The van der Waals surface area contributed by atoms with E-state index in [9.17, 15) is 4.79 Å². The number of amides is 2. The van der Waals surface area contributed by atoms with Crippen LogP contribution in [0.2, 0.25) is 0 Å². The summed E-state index contributed by atoms with van der Waals surface area (Å²) in [5.74, 6) is 0. The summed E-state index contributed by atoms with van der Waals surface area (Å²) in [7, 11) is 1.94. The minimum Gasteiger partial charge on any atom is -0.325 e. The summed E-state index contributed by atoms with van der Waals surface area (Å²) < 4.78 is 0. The van der Waals surface area contributed by atoms with Crippen LogP contribution in [0.25, 0.3) is 0 Å². The molecule has 1 heterocycles. The van der Waals surface area contributed by atoms with Gasteiger partial charge in [0, 0.05) is 25.7 Å². The zero-order valence-electron chi connectivity index (χ0n) is 9.84. The Kier molecular flexibility index (Phi) is 3.40. The third kappa shape index (κ3) is 1.72. The standard InChI is InChI=1S/C9H16N2O.C2H6/c1-3-11-7-6-9(4-5-9)10(2)8(11)12;1-2/h3-7H2,1-2H3;1-2H3. The summed E-state index contributed by atoms with van der Waals surface area (Å²) in [6.45, 7) is 7.84. The molecule has 0 radical (unpaired) electrons. The number of hydrogen-bond donors (Lipinski definition) is 0. The maximum Gasteiger partial charge on any atom is 0.320 e. The second kappa shape index (κ2) is 4.20. The molecule has 0 N–H and O–H groups in total. The van der Waals surface area contributed by atoms with Gasteiger partial charge in [-0.25, -0.2) is 4.79 Å². The van der Waals surface area contributed by atoms with Crippen molar-refractivity contribution in [1.82, 2.24) is 9.80 Å². The topological polar surface area (TPSA) is 23.6 Å². The highest BCUT2D eigenvalue weighted by Gasteiger charge is 2.51. The van der Waals surface area contributed by atoms with Gasteiger partial charge in [-0.15, -0.1) is 0 Å². The lowest BCUT2D eigenvalue weighted by Gasteiger charge is -2.39. The van der Waals surface area contributed by atoms with E-state index in [4.69, 9.17) is 0 Å². The summed E-state index contributed by atoms with van der Waals surface area (Å²) in [6.07, 6.45) is 3.60. The van der Waals surface area contributed by atoms with Crippen LogP contribution in [0.3, 0.4) is 0 Å². The summed E-state index contributed by atoms with van der Waals surface area (Å²) in [4.78, 5) is 15.5. The molecule has 1 aliphatic heterocycles. The van der Waals surface area contributed by atoms with E-state index in [2.05, 4.69) is 0 Å². The average molecular weight is 198 g/mol. The summed E-state index contributed by atoms with van der Waals surface area (Å²) in [6, 6.07) is 0.223. The van der Waals surface area contributed by atoms with Gasteiger partial charge in [-0.2, -0.15) is 0 Å². The first-order valence-corrected chi connectivity index (χ1v) is 5.72. The van der Waals surface area contributed by atoms with Crippen LogP contribution in [0, 0.1) is 0 Å². The van der Waals surface area contributed by atoms with E-state index in [1.165, 1.54) is 19.3 Å². The lowest BCUT2D eigenvalue weighted by Crippen LogP contribution is -2.53. The van der Waals surface area contributed by atoms with Crippen LogP contribution in [0.15, 0.2) is 0 Å². The molecule has 3 nitrogen and oxygen atoms in total. The molecule has 0 aromatic heterocycles. The van der Waals surface area contributed by atoms with Crippen molar-refractivity contribution in [1.29, 1.82) is 0 Å². The van der Waals surface area contributed by atoms with E-state index in [0.29, 0.717) is 0 Å². The first-order chi connectivity index (χ1) is 6.69. The van der Waals surface area contributed by atoms with Gasteiger partial charge in [-0.05, 0) is 26.2 Å². The van der Waals surface area contributed by atoms with Gasteiger partial charge in [0.25, 0.3) is 0 Å². The van der Waals surface area contributed by atoms with Crippen LogP contribution in [0.4, 0.5) is 4.79 Å². The van der Waals surface area contributed by atoms with Gasteiger partial charge >= 0.3 is 6.03 Å². The van der Waals surface area contributed by atoms with Crippen molar-refractivity contribution in [3.05, 3.63) is 0 Å². The lowest BCUT2D eigenvalue weighted by molar-refractivity contribution is 0.106. The molecule has 0 atom stereocenters. The van der Waals surface area contributed by atoms with E-state index < -0.39 is 0 Å². The zero-order chi connectivity index (χ0) is 10.8. The van der Waals surface area contributed by atoms with E-state index >= 15 is 0 Å². The van der Waals surface area contributed by atoms with Crippen LogP contribution in [-0.2, 0) is 0 Å². The summed E-state index contributed by atoms with van der Waals surface area (Å²) in [5, 5.41) is 0. The Morgan fingerprint density at radius 3 is 2.29 bits per heavy atom. The molecule has 1 saturated heterocycles. The molecule has 14 heavy (non-hydrogen) atoms. The molecule has 0 aromatic rings. The van der Waals surface area contributed by atoms with Crippen molar-refractivity contribution in [3.63, 3.8) is 0 Å². The third-order valence-corrected chi connectivity index (χ3v) is 3.32. The number of carbonyl (C=O) groups excluding carboxylic acids is 1. The smallest absolute Gasteiger partial charge is 0.320 e. The first kappa shape index (κ1) is 11.3. The summed E-state index contributed by atoms with van der Waals surface area (Å²) >= 11 is 0. The van der Waals surface area contributed by atoms with Crippen molar-refractivity contribution in [2.45, 2.75) is 45.6 Å². The molecule has 2 fully saturated rings. The van der Waals surface area contributed by atoms with Crippen molar-refractivity contribution in [2.75, 3.05) is 20.1 Å². The van der Waals surface area contributed by atoms with Gasteiger partial charge in [0.05, 0.1) is 0 Å². The molecule has 2 rings (SSSR count). The molecular weight excluding hydrogens is 176 g/mol. The van der Waals surface area contributed by atoms with Gasteiger partial charge in [0.15, 0.2) is 0 Å². The predicted molar refractivity (Wildman–Crippen MR) is 58.3 cm³/mol. The van der Waals surface area contributed by atoms with E-state index in [0.717, 1.165) is 13.1 Å². The summed E-state index contributed by atoms with van der Waals surface area (Å²) in [5.41, 5.74) is 0.281. The number of urea groups is 1. The Hall–Kier alpha value is -0.730. The van der Waals surface area contributed by atoms with Crippen molar-refractivity contribution >= 4 is 6.03 Å². The zero-order valence-corrected chi connectivity index (χ0v) is 9.84. The number of hydrogen-bond acceptors (Lipinski definition) is 1. The van der Waals surface area contributed by atoms with Gasteiger partial charge in [0.2, 0.25) is 0 Å². The average Bonchev–Trinajstić information content (AvgIpc) is 3.00. The van der Waals surface area contributed by atoms with Gasteiger partial charge in [0.1, 0.15) is 0 Å². The molecule has 1 spiro atoms. The molecule has 0 unspecified atom stereocenters. The Morgan fingerprint density at radius 1 is 1.29 bits per heavy atom. The normalized spacial score (nSPS) is 23.3. The van der Waals surface area contributed by atoms with Crippen LogP contribution in [0.5, 0.6) is 0 Å². The number of nitrogens with zero attached hydrogens (tertiary/aromatic N) is 2. The first-order valence-electron chi connectivity index (χ1n) is 5.72. The lowest BCUT2D eigenvalue weighted by atomic mass is 10.1.